The van der Waals surface area contributed by atoms with E-state index < -0.39 is 11.7 Å². The fourth-order valence-corrected chi connectivity index (χ4v) is 8.34. The average molecular weight is 775 g/mol. The molecule has 4 aliphatic rings. The predicted octanol–water partition coefficient (Wildman–Crippen LogP) is 6.38. The highest BCUT2D eigenvalue weighted by atomic mass is 16.7. The van der Waals surface area contributed by atoms with Gasteiger partial charge in [-0.25, -0.2) is 9.98 Å². The summed E-state index contributed by atoms with van der Waals surface area (Å²) < 4.78 is 13.7. The summed E-state index contributed by atoms with van der Waals surface area (Å²) in [6.07, 6.45) is 8.30. The number of aromatic nitrogens is 1. The van der Waals surface area contributed by atoms with E-state index in [-0.39, 0.29) is 13.2 Å². The topological polar surface area (TPSA) is 96.0 Å². The molecule has 7 nitrogen and oxygen atoms in total. The molecule has 4 aromatic carbocycles. The number of allylic oxidation sites excluding steroid dienone is 5. The molecule has 59 heavy (non-hydrogen) atoms. The van der Waals surface area contributed by atoms with E-state index in [1.165, 1.54) is 5.56 Å². The molecule has 0 aliphatic carbocycles. The molecule has 4 aliphatic heterocycles. The fourth-order valence-electron chi connectivity index (χ4n) is 8.34. The van der Waals surface area contributed by atoms with Gasteiger partial charge in [-0.05, 0) is 94.0 Å². The molecule has 2 N–H and O–H groups in total. The zero-order valence-electron chi connectivity index (χ0n) is 34.2. The largest absolute Gasteiger partial charge is 0.858 e. The van der Waals surface area contributed by atoms with Crippen molar-refractivity contribution in [2.45, 2.75) is 47.3 Å². The van der Waals surface area contributed by atoms with E-state index in [9.17, 15) is 0 Å². The molecule has 8 bridgehead atoms. The summed E-state index contributed by atoms with van der Waals surface area (Å²) in [6.45, 7) is 12.7. The maximum absolute atomic E-state index is 15.0. The van der Waals surface area contributed by atoms with Gasteiger partial charge in [0, 0.05) is 52.8 Å². The Hall–Kier alpha value is -6.67. The monoisotopic (exact) mass is 774 g/mol. The molecular weight excluding hydrogens is 729 g/mol. The van der Waals surface area contributed by atoms with E-state index in [0.717, 1.165) is 83.6 Å². The van der Waals surface area contributed by atoms with Crippen LogP contribution >= 0.6 is 0 Å². The first-order valence-electron chi connectivity index (χ1n) is 20.3. The first-order chi connectivity index (χ1) is 28.7. The molecule has 292 valence electrons. The maximum Gasteiger partial charge on any atom is 0.242 e. The summed E-state index contributed by atoms with van der Waals surface area (Å²) in [5.74, 6) is -2.09. The second kappa shape index (κ2) is 15.3. The number of H-pyrrole nitrogens is 1. The van der Waals surface area contributed by atoms with Gasteiger partial charge in [-0.2, -0.15) is 0 Å². The molecule has 9 rings (SSSR count). The Morgan fingerprint density at radius 2 is 1.02 bits per heavy atom. The third kappa shape index (κ3) is 6.72. The highest BCUT2D eigenvalue weighted by Crippen LogP contribution is 2.45. The van der Waals surface area contributed by atoms with Crippen LogP contribution in [0.1, 0.15) is 58.4 Å². The normalized spacial score (nSPS) is 17.0. The Labute approximate surface area is 344 Å². The first-order valence-corrected chi connectivity index (χ1v) is 20.3. The maximum atomic E-state index is 15.0. The van der Waals surface area contributed by atoms with Gasteiger partial charge in [0.1, 0.15) is 5.71 Å². The smallest absolute Gasteiger partial charge is 0.242 e. The van der Waals surface area contributed by atoms with Gasteiger partial charge in [0.05, 0.1) is 22.6 Å². The van der Waals surface area contributed by atoms with Crippen LogP contribution in [0.5, 0.6) is 0 Å². The number of benzene rings is 4. The van der Waals surface area contributed by atoms with Gasteiger partial charge in [-0.3, -0.25) is 4.99 Å². The third-order valence-corrected chi connectivity index (χ3v) is 11.2. The van der Waals surface area contributed by atoms with E-state index in [1.807, 2.05) is 32.1 Å². The molecule has 0 radical (unpaired) electrons. The van der Waals surface area contributed by atoms with Crippen LogP contribution in [0.25, 0.3) is 22.3 Å². The lowest BCUT2D eigenvalue weighted by Gasteiger charge is -2.35. The van der Waals surface area contributed by atoms with Gasteiger partial charge < -0.3 is 19.6 Å². The molecule has 0 atom stereocenters. The number of aromatic amines is 1. The van der Waals surface area contributed by atoms with Crippen LogP contribution in [0.2, 0.25) is 0 Å². The van der Waals surface area contributed by atoms with Crippen LogP contribution in [-0.4, -0.2) is 41.1 Å². The summed E-state index contributed by atoms with van der Waals surface area (Å²) >= 11 is 0. The molecule has 5 heterocycles. The lowest BCUT2D eigenvalue weighted by Crippen LogP contribution is -2.68. The number of ether oxygens (including phenoxy) is 2. The Kier molecular flexibility index (Phi) is 9.79. The Morgan fingerprint density at radius 3 is 1.54 bits per heavy atom. The number of fused-ring (bicyclic) bond motifs is 6. The van der Waals surface area contributed by atoms with E-state index in [1.54, 1.807) is 0 Å². The van der Waals surface area contributed by atoms with Crippen molar-refractivity contribution in [1.29, 1.82) is 0 Å². The van der Waals surface area contributed by atoms with Gasteiger partial charge in [0.2, 0.25) is 17.2 Å². The molecule has 0 amide bonds. The van der Waals surface area contributed by atoms with Gasteiger partial charge in [0.25, 0.3) is 0 Å². The van der Waals surface area contributed by atoms with Crippen molar-refractivity contribution in [3.8, 4) is 0 Å². The molecule has 1 aromatic heterocycles. The minimum atomic E-state index is -1.67. The Morgan fingerprint density at radius 1 is 0.542 bits per heavy atom. The standard InChI is InChI=1S/C52H46N4O3/c1-7-58-52(59-8-2)49-47(37-21-13-33(5)14-22-37)43-29-27-41(54-43)45(35-17-9-31(3)10-18-35)39-25-26-40(53-39)46(36-19-11-32(4)12-20-36)42-28-30-44(55-42)48(50(52)56-51(49)57)38-23-15-34(6)16-24-38/h9-30,55H,7-8H2,1-6H3,(H,56,57). The SMILES string of the molecule is CCOC1(OCC)C2=NC([O-])=C1C(c1ccc(C)cc1)=C1C=CC(=[NH+]1)C(c1ccc(C)cc1)=C1C=CC(=N1)C(c1ccc(C)cc1)=c1ccc([nH]1)=C2c1ccc(C)cc1. The third-order valence-electron chi connectivity index (χ3n) is 11.2. The average Bonchev–Trinajstić information content (AvgIpc) is 4.05. The Bertz CT molecular complexity index is 2890. The summed E-state index contributed by atoms with van der Waals surface area (Å²) in [4.78, 5) is 17.9. The minimum absolute atomic E-state index is 0.255. The highest BCUT2D eigenvalue weighted by Gasteiger charge is 2.51. The number of hydrogen-bond acceptors (Lipinski definition) is 5. The lowest BCUT2D eigenvalue weighted by atomic mass is 9.85. The number of nitrogens with one attached hydrogen (secondary N) is 2. The number of aryl methyl sites for hydroxylation is 4. The first kappa shape index (κ1) is 37.9. The number of aliphatic imine (C=N–C) groups is 2. The zero-order chi connectivity index (χ0) is 40.8. The van der Waals surface area contributed by atoms with Crippen molar-refractivity contribution in [3.05, 3.63) is 212 Å². The molecule has 0 saturated heterocycles. The molecule has 0 unspecified atom stereocenters. The van der Waals surface area contributed by atoms with Crippen molar-refractivity contribution in [2.75, 3.05) is 13.2 Å². The van der Waals surface area contributed by atoms with Crippen LogP contribution in [0, 0.1) is 27.7 Å². The molecule has 0 spiro atoms. The van der Waals surface area contributed by atoms with Gasteiger partial charge in [0.15, 0.2) is 0 Å². The summed E-state index contributed by atoms with van der Waals surface area (Å²) in [7, 11) is 0. The number of nitrogens with zero attached hydrogens (tertiary/aromatic N) is 2. The molecule has 0 fully saturated rings. The van der Waals surface area contributed by atoms with Gasteiger partial charge in [-0.1, -0.05) is 119 Å². The van der Waals surface area contributed by atoms with E-state index in [0.29, 0.717) is 22.4 Å². The van der Waals surface area contributed by atoms with Crippen LogP contribution in [0.3, 0.4) is 0 Å². The second-order valence-corrected chi connectivity index (χ2v) is 15.4. The summed E-state index contributed by atoms with van der Waals surface area (Å²) in [6, 6.07) is 37.7. The van der Waals surface area contributed by atoms with Crippen LogP contribution in [-0.2, 0) is 9.47 Å². The van der Waals surface area contributed by atoms with Crippen molar-refractivity contribution in [2.24, 2.45) is 9.98 Å². The van der Waals surface area contributed by atoms with Crippen molar-refractivity contribution < 1.29 is 19.6 Å². The van der Waals surface area contributed by atoms with E-state index >= 15 is 5.11 Å². The molecule has 5 aromatic rings. The van der Waals surface area contributed by atoms with Crippen molar-refractivity contribution in [1.82, 2.24) is 4.98 Å². The second-order valence-electron chi connectivity index (χ2n) is 15.4. The molecule has 7 heteroatoms. The van der Waals surface area contributed by atoms with Crippen LogP contribution in [0.15, 0.2) is 166 Å². The van der Waals surface area contributed by atoms with Crippen LogP contribution in [0.4, 0.5) is 0 Å². The lowest BCUT2D eigenvalue weighted by molar-refractivity contribution is -0.383. The molecular formula is C52H46N4O3. The quantitative estimate of drug-likeness (QED) is 0.179. The van der Waals surface area contributed by atoms with Gasteiger partial charge >= 0.3 is 0 Å². The van der Waals surface area contributed by atoms with Gasteiger partial charge in [-0.15, -0.1) is 0 Å². The number of hydrogen-bond donors (Lipinski definition) is 2. The molecule has 0 saturated carbocycles. The number of rotatable bonds is 8. The highest BCUT2D eigenvalue weighted by molar-refractivity contribution is 6.34. The summed E-state index contributed by atoms with van der Waals surface area (Å²) in [5.41, 5.74) is 15.4. The van der Waals surface area contributed by atoms with Crippen LogP contribution < -0.4 is 20.8 Å². The van der Waals surface area contributed by atoms with Crippen molar-refractivity contribution >= 4 is 39.4 Å². The zero-order valence-corrected chi connectivity index (χ0v) is 34.2. The van der Waals surface area contributed by atoms with E-state index in [4.69, 9.17) is 19.5 Å². The minimum Gasteiger partial charge on any atom is -0.858 e. The van der Waals surface area contributed by atoms with Crippen molar-refractivity contribution in [3.63, 3.8) is 0 Å². The predicted molar refractivity (Wildman–Crippen MR) is 236 cm³/mol. The summed E-state index contributed by atoms with van der Waals surface area (Å²) in [5, 5.41) is 16.7. The Balaban J connectivity index is 1.46. The fraction of sp³-hybridized carbons (Fsp3) is 0.173. The van der Waals surface area contributed by atoms with E-state index in [2.05, 4.69) is 153 Å².